The van der Waals surface area contributed by atoms with Gasteiger partial charge in [0, 0.05) is 29.5 Å². The molecule has 0 aliphatic carbocycles. The highest BCUT2D eigenvalue weighted by atomic mass is 35.5. The van der Waals surface area contributed by atoms with E-state index in [9.17, 15) is 0 Å². The van der Waals surface area contributed by atoms with E-state index in [-0.39, 0.29) is 0 Å². The minimum atomic E-state index is 0.531. The maximum atomic E-state index is 5.95. The summed E-state index contributed by atoms with van der Waals surface area (Å²) in [4.78, 5) is 9.26. The van der Waals surface area contributed by atoms with Gasteiger partial charge < -0.3 is 4.57 Å². The van der Waals surface area contributed by atoms with E-state index in [0.717, 1.165) is 35.2 Å². The molecule has 2 heterocycles. The van der Waals surface area contributed by atoms with Crippen LogP contribution >= 0.6 is 23.4 Å². The second-order valence-electron chi connectivity index (χ2n) is 5.13. The standard InChI is InChI=1S/C16H18ClN3S/c1-11(21-2)10-20-15(7-8-17)19-14-9-18-13-6-4-3-5-12(13)16(14)20/h3-6,9,11H,7-8,10H2,1-2H3. The minimum Gasteiger partial charge on any atom is -0.326 e. The Morgan fingerprint density at radius 2 is 2.10 bits per heavy atom. The van der Waals surface area contributed by atoms with E-state index >= 15 is 0 Å². The van der Waals surface area contributed by atoms with Crippen LogP contribution in [0.3, 0.4) is 0 Å². The first-order valence-corrected chi connectivity index (χ1v) is 8.88. The van der Waals surface area contributed by atoms with Gasteiger partial charge in [0.1, 0.15) is 11.3 Å². The molecule has 3 nitrogen and oxygen atoms in total. The first-order chi connectivity index (χ1) is 10.2. The number of hydrogen-bond acceptors (Lipinski definition) is 3. The summed E-state index contributed by atoms with van der Waals surface area (Å²) in [6, 6.07) is 8.24. The van der Waals surface area contributed by atoms with E-state index in [2.05, 4.69) is 34.9 Å². The summed E-state index contributed by atoms with van der Waals surface area (Å²) >= 11 is 7.82. The predicted molar refractivity (Wildman–Crippen MR) is 92.4 cm³/mol. The number of benzene rings is 1. The molecule has 0 aliphatic rings. The van der Waals surface area contributed by atoms with Gasteiger partial charge >= 0.3 is 0 Å². The van der Waals surface area contributed by atoms with Crippen molar-refractivity contribution >= 4 is 45.3 Å². The van der Waals surface area contributed by atoms with E-state index in [1.807, 2.05) is 30.1 Å². The van der Waals surface area contributed by atoms with Crippen LogP contribution in [0.15, 0.2) is 30.5 Å². The molecule has 0 radical (unpaired) electrons. The number of fused-ring (bicyclic) bond motifs is 3. The Bertz CT molecular complexity index is 769. The van der Waals surface area contributed by atoms with Gasteiger partial charge in [0.2, 0.25) is 0 Å². The van der Waals surface area contributed by atoms with Gasteiger partial charge in [-0.3, -0.25) is 4.98 Å². The first kappa shape index (κ1) is 14.7. The Morgan fingerprint density at radius 1 is 1.29 bits per heavy atom. The fourth-order valence-electron chi connectivity index (χ4n) is 2.61. The van der Waals surface area contributed by atoms with Crippen LogP contribution in [-0.4, -0.2) is 31.9 Å². The number of aryl methyl sites for hydroxylation is 1. The average molecular weight is 320 g/mol. The summed E-state index contributed by atoms with van der Waals surface area (Å²) in [6.45, 7) is 3.18. The Kier molecular flexibility index (Phi) is 4.36. The van der Waals surface area contributed by atoms with E-state index in [1.54, 1.807) is 0 Å². The monoisotopic (exact) mass is 319 g/mol. The number of nitrogens with zero attached hydrogens (tertiary/aromatic N) is 3. The van der Waals surface area contributed by atoms with Crippen LogP contribution in [0.2, 0.25) is 0 Å². The van der Waals surface area contributed by atoms with Gasteiger partial charge in [-0.1, -0.05) is 25.1 Å². The van der Waals surface area contributed by atoms with Crippen molar-refractivity contribution in [1.82, 2.24) is 14.5 Å². The molecular weight excluding hydrogens is 302 g/mol. The van der Waals surface area contributed by atoms with Gasteiger partial charge in [0.15, 0.2) is 0 Å². The minimum absolute atomic E-state index is 0.531. The zero-order chi connectivity index (χ0) is 14.8. The summed E-state index contributed by atoms with van der Waals surface area (Å²) in [7, 11) is 0. The molecule has 3 rings (SSSR count). The second kappa shape index (κ2) is 6.24. The first-order valence-electron chi connectivity index (χ1n) is 7.06. The zero-order valence-corrected chi connectivity index (χ0v) is 13.8. The fraction of sp³-hybridized carbons (Fsp3) is 0.375. The van der Waals surface area contributed by atoms with Crippen molar-refractivity contribution in [2.24, 2.45) is 0 Å². The lowest BCUT2D eigenvalue weighted by Crippen LogP contribution is -2.12. The Morgan fingerprint density at radius 3 is 2.86 bits per heavy atom. The molecule has 0 aliphatic heterocycles. The molecule has 1 aromatic carbocycles. The predicted octanol–water partition coefficient (Wildman–Crippen LogP) is 4.12. The number of para-hydroxylation sites is 1. The lowest BCUT2D eigenvalue weighted by atomic mass is 10.2. The summed E-state index contributed by atoms with van der Waals surface area (Å²) < 4.78 is 2.32. The smallest absolute Gasteiger partial charge is 0.111 e. The fourth-order valence-corrected chi connectivity index (χ4v) is 3.08. The number of thioether (sulfide) groups is 1. The normalized spacial score (nSPS) is 13.1. The lowest BCUT2D eigenvalue weighted by Gasteiger charge is -2.14. The molecular formula is C16H18ClN3S. The highest BCUT2D eigenvalue weighted by Crippen LogP contribution is 2.26. The van der Waals surface area contributed by atoms with Crippen molar-refractivity contribution in [3.8, 4) is 0 Å². The third-order valence-electron chi connectivity index (χ3n) is 3.72. The average Bonchev–Trinajstić information content (AvgIpc) is 2.85. The quantitative estimate of drug-likeness (QED) is 0.663. The van der Waals surface area contributed by atoms with E-state index in [1.165, 1.54) is 5.52 Å². The van der Waals surface area contributed by atoms with Gasteiger partial charge in [-0.25, -0.2) is 4.98 Å². The molecule has 0 N–H and O–H groups in total. The molecule has 0 saturated heterocycles. The number of aromatic nitrogens is 3. The molecule has 21 heavy (non-hydrogen) atoms. The molecule has 1 atom stereocenters. The Balaban J connectivity index is 2.27. The largest absolute Gasteiger partial charge is 0.326 e. The van der Waals surface area contributed by atoms with Crippen molar-refractivity contribution in [3.05, 3.63) is 36.3 Å². The van der Waals surface area contributed by atoms with Gasteiger partial charge in [0.25, 0.3) is 0 Å². The molecule has 5 heteroatoms. The molecule has 0 amide bonds. The number of hydrogen-bond donors (Lipinski definition) is 0. The van der Waals surface area contributed by atoms with Gasteiger partial charge in [-0.2, -0.15) is 11.8 Å². The molecule has 0 fully saturated rings. The SMILES string of the molecule is CSC(C)Cn1c(CCCl)nc2cnc3ccccc3c21. The number of pyridine rings is 1. The third-order valence-corrected chi connectivity index (χ3v) is 4.86. The summed E-state index contributed by atoms with van der Waals surface area (Å²) in [5.41, 5.74) is 3.16. The number of alkyl halides is 1. The van der Waals surface area contributed by atoms with Gasteiger partial charge in [-0.05, 0) is 12.3 Å². The maximum Gasteiger partial charge on any atom is 0.111 e. The number of halogens is 1. The van der Waals surface area contributed by atoms with Crippen LogP contribution in [0.5, 0.6) is 0 Å². The van der Waals surface area contributed by atoms with Crippen molar-refractivity contribution in [3.63, 3.8) is 0 Å². The lowest BCUT2D eigenvalue weighted by molar-refractivity contribution is 0.673. The molecule has 3 aromatic rings. The van der Waals surface area contributed by atoms with Crippen LogP contribution in [0.4, 0.5) is 0 Å². The van der Waals surface area contributed by atoms with E-state index in [0.29, 0.717) is 11.1 Å². The van der Waals surface area contributed by atoms with Gasteiger partial charge in [-0.15, -0.1) is 11.6 Å². The molecule has 0 saturated carbocycles. The Labute approximate surface area is 133 Å². The van der Waals surface area contributed by atoms with Crippen LogP contribution in [0.1, 0.15) is 12.7 Å². The highest BCUT2D eigenvalue weighted by Gasteiger charge is 2.15. The van der Waals surface area contributed by atoms with Crippen molar-refractivity contribution < 1.29 is 0 Å². The Hall–Kier alpha value is -1.26. The van der Waals surface area contributed by atoms with Crippen LogP contribution in [0, 0.1) is 0 Å². The summed E-state index contributed by atoms with van der Waals surface area (Å²) in [5, 5.41) is 1.69. The van der Waals surface area contributed by atoms with Crippen LogP contribution < -0.4 is 0 Å². The summed E-state index contributed by atoms with van der Waals surface area (Å²) in [5.74, 6) is 1.64. The number of rotatable bonds is 5. The molecule has 1 unspecified atom stereocenters. The summed E-state index contributed by atoms with van der Waals surface area (Å²) in [6.07, 6.45) is 4.80. The number of imidazole rings is 1. The molecule has 2 aromatic heterocycles. The second-order valence-corrected chi connectivity index (χ2v) is 6.79. The van der Waals surface area contributed by atoms with Gasteiger partial charge in [0.05, 0.1) is 17.2 Å². The van der Waals surface area contributed by atoms with Crippen molar-refractivity contribution in [2.45, 2.75) is 25.1 Å². The topological polar surface area (TPSA) is 30.7 Å². The molecule has 0 bridgehead atoms. The van der Waals surface area contributed by atoms with Crippen LogP contribution in [0.25, 0.3) is 21.9 Å². The zero-order valence-electron chi connectivity index (χ0n) is 12.2. The van der Waals surface area contributed by atoms with Crippen molar-refractivity contribution in [2.75, 3.05) is 12.1 Å². The van der Waals surface area contributed by atoms with Crippen molar-refractivity contribution in [1.29, 1.82) is 0 Å². The molecule has 0 spiro atoms. The van der Waals surface area contributed by atoms with Crippen LogP contribution in [-0.2, 0) is 13.0 Å². The highest BCUT2D eigenvalue weighted by molar-refractivity contribution is 7.99. The molecule has 110 valence electrons. The van der Waals surface area contributed by atoms with E-state index in [4.69, 9.17) is 16.6 Å². The maximum absolute atomic E-state index is 5.95. The third kappa shape index (κ3) is 2.74. The van der Waals surface area contributed by atoms with E-state index < -0.39 is 0 Å².